The van der Waals surface area contributed by atoms with Crippen molar-refractivity contribution in [3.05, 3.63) is 47.7 Å². The summed E-state index contributed by atoms with van der Waals surface area (Å²) in [7, 11) is 0. The van der Waals surface area contributed by atoms with E-state index in [4.69, 9.17) is 5.73 Å². The highest BCUT2D eigenvalue weighted by Gasteiger charge is 2.34. The Morgan fingerprint density at radius 3 is 2.57 bits per heavy atom. The second-order valence-corrected chi connectivity index (χ2v) is 4.72. The first-order valence-electron chi connectivity index (χ1n) is 6.33. The van der Waals surface area contributed by atoms with Crippen LogP contribution in [-0.4, -0.2) is 25.7 Å². The lowest BCUT2D eigenvalue weighted by Crippen LogP contribution is -2.09. The van der Waals surface area contributed by atoms with Gasteiger partial charge in [-0.3, -0.25) is 0 Å². The maximum Gasteiger partial charge on any atom is 0.417 e. The van der Waals surface area contributed by atoms with Gasteiger partial charge in [0, 0.05) is 11.8 Å². The summed E-state index contributed by atoms with van der Waals surface area (Å²) >= 11 is 0. The summed E-state index contributed by atoms with van der Waals surface area (Å²) in [4.78, 5) is 15.2. The van der Waals surface area contributed by atoms with Crippen LogP contribution in [0.25, 0.3) is 16.8 Å². The molecule has 118 valence electrons. The zero-order valence-electron chi connectivity index (χ0n) is 11.4. The van der Waals surface area contributed by atoms with Crippen LogP contribution in [0.1, 0.15) is 15.9 Å². The molecule has 0 bridgehead atoms. The van der Waals surface area contributed by atoms with Gasteiger partial charge in [-0.2, -0.15) is 18.2 Å². The molecule has 0 spiro atoms. The van der Waals surface area contributed by atoms with Gasteiger partial charge in [-0.05, 0) is 17.7 Å². The monoisotopic (exact) mass is 322 g/mol. The van der Waals surface area contributed by atoms with Crippen molar-refractivity contribution in [2.24, 2.45) is 0 Å². The molecule has 0 fully saturated rings. The minimum absolute atomic E-state index is 0.109. The highest BCUT2D eigenvalue weighted by atomic mass is 19.4. The van der Waals surface area contributed by atoms with Crippen LogP contribution in [0.2, 0.25) is 0 Å². The number of pyridine rings is 1. The minimum atomic E-state index is -4.62. The molecule has 0 aliphatic heterocycles. The molecule has 9 heteroatoms. The zero-order valence-corrected chi connectivity index (χ0v) is 11.4. The van der Waals surface area contributed by atoms with Gasteiger partial charge in [0.05, 0.1) is 11.1 Å². The molecule has 0 saturated carbocycles. The van der Waals surface area contributed by atoms with Gasteiger partial charge >= 0.3 is 12.1 Å². The highest BCUT2D eigenvalue weighted by molar-refractivity contribution is 5.97. The molecule has 0 aliphatic carbocycles. The van der Waals surface area contributed by atoms with Crippen molar-refractivity contribution in [1.29, 1.82) is 0 Å². The van der Waals surface area contributed by atoms with Gasteiger partial charge in [0.1, 0.15) is 0 Å². The average Bonchev–Trinajstić information content (AvgIpc) is 2.84. The molecule has 23 heavy (non-hydrogen) atoms. The van der Waals surface area contributed by atoms with Gasteiger partial charge in [0.25, 0.3) is 0 Å². The Morgan fingerprint density at radius 2 is 1.91 bits per heavy atom. The molecule has 3 rings (SSSR count). The van der Waals surface area contributed by atoms with Crippen molar-refractivity contribution in [2.75, 3.05) is 5.73 Å². The Kier molecular flexibility index (Phi) is 3.20. The first-order valence-corrected chi connectivity index (χ1v) is 6.33. The Hall–Kier alpha value is -3.10. The summed E-state index contributed by atoms with van der Waals surface area (Å²) < 4.78 is 40.7. The first kappa shape index (κ1) is 14.8. The number of nitrogens with two attached hydrogens (primary N) is 1. The number of nitrogen functional groups attached to an aromatic ring is 1. The van der Waals surface area contributed by atoms with E-state index in [1.54, 1.807) is 0 Å². The molecule has 0 aliphatic rings. The largest absolute Gasteiger partial charge is 0.478 e. The number of nitrogens with zero attached hydrogens (tertiary/aromatic N) is 3. The maximum atomic E-state index is 13.2. The highest BCUT2D eigenvalue weighted by Crippen LogP contribution is 2.38. The summed E-state index contributed by atoms with van der Waals surface area (Å²) in [6, 6.07) is 5.86. The number of aromatic nitrogens is 3. The molecule has 2 heterocycles. The van der Waals surface area contributed by atoms with Crippen LogP contribution in [0.3, 0.4) is 0 Å². The molecular weight excluding hydrogens is 313 g/mol. The number of carboxylic acid groups (broad SMARTS) is 1. The fraction of sp³-hybridized carbons (Fsp3) is 0.0714. The fourth-order valence-electron chi connectivity index (χ4n) is 2.30. The molecular formula is C14H9F3N4O2. The van der Waals surface area contributed by atoms with Crippen molar-refractivity contribution in [3.63, 3.8) is 0 Å². The van der Waals surface area contributed by atoms with Crippen LogP contribution in [-0.2, 0) is 6.18 Å². The van der Waals surface area contributed by atoms with Crippen molar-refractivity contribution in [1.82, 2.24) is 14.6 Å². The van der Waals surface area contributed by atoms with Crippen molar-refractivity contribution in [2.45, 2.75) is 6.18 Å². The van der Waals surface area contributed by atoms with Crippen LogP contribution in [0.5, 0.6) is 0 Å². The number of hydrogen-bond acceptors (Lipinski definition) is 4. The summed E-state index contributed by atoms with van der Waals surface area (Å²) in [5.41, 5.74) is 3.93. The number of anilines is 1. The average molecular weight is 322 g/mol. The van der Waals surface area contributed by atoms with E-state index in [1.807, 2.05) is 0 Å². The number of benzene rings is 1. The van der Waals surface area contributed by atoms with Crippen molar-refractivity contribution < 1.29 is 23.1 Å². The third-order valence-corrected chi connectivity index (χ3v) is 3.24. The lowest BCUT2D eigenvalue weighted by molar-refractivity contribution is -0.137. The van der Waals surface area contributed by atoms with Gasteiger partial charge in [-0.15, -0.1) is 5.10 Å². The van der Waals surface area contributed by atoms with E-state index >= 15 is 0 Å². The van der Waals surface area contributed by atoms with Crippen LogP contribution in [0.4, 0.5) is 19.1 Å². The lowest BCUT2D eigenvalue weighted by atomic mass is 9.96. The predicted molar refractivity (Wildman–Crippen MR) is 74.8 cm³/mol. The molecule has 1 aromatic carbocycles. The summed E-state index contributed by atoms with van der Waals surface area (Å²) in [5, 5.41) is 13.1. The Bertz CT molecular complexity index is 918. The number of fused-ring (bicyclic) bond motifs is 1. The summed E-state index contributed by atoms with van der Waals surface area (Å²) in [6.07, 6.45) is -3.45. The SMILES string of the molecule is Nc1nc2cc(C(=O)O)c(-c3ccccc3C(F)(F)F)cn2n1. The van der Waals surface area contributed by atoms with Gasteiger partial charge in [0.2, 0.25) is 5.95 Å². The van der Waals surface area contributed by atoms with Crippen LogP contribution in [0, 0.1) is 0 Å². The second-order valence-electron chi connectivity index (χ2n) is 4.72. The molecule has 0 saturated heterocycles. The summed E-state index contributed by atoms with van der Waals surface area (Å²) in [6.45, 7) is 0. The molecule has 2 aromatic heterocycles. The van der Waals surface area contributed by atoms with Gasteiger partial charge in [-0.1, -0.05) is 18.2 Å². The number of carbonyl (C=O) groups is 1. The number of rotatable bonds is 2. The summed E-state index contributed by atoms with van der Waals surface area (Å²) in [5.74, 6) is -1.48. The number of aromatic carboxylic acids is 1. The van der Waals surface area contributed by atoms with E-state index in [0.717, 1.165) is 16.6 Å². The molecule has 0 amide bonds. The van der Waals surface area contributed by atoms with Crippen molar-refractivity contribution >= 4 is 17.6 Å². The van der Waals surface area contributed by atoms with Crippen LogP contribution in [0.15, 0.2) is 36.5 Å². The zero-order chi connectivity index (χ0) is 16.8. The normalized spacial score (nSPS) is 11.8. The Morgan fingerprint density at radius 1 is 1.22 bits per heavy atom. The quantitative estimate of drug-likeness (QED) is 0.756. The van der Waals surface area contributed by atoms with E-state index in [0.29, 0.717) is 0 Å². The first-order chi connectivity index (χ1) is 10.8. The number of carboxylic acids is 1. The van der Waals surface area contributed by atoms with E-state index in [-0.39, 0.29) is 28.3 Å². The standard InChI is InChI=1S/C14H9F3N4O2/c15-14(16,17)10-4-2-1-3-7(10)9-6-21-11(19-13(18)20-21)5-8(9)12(22)23/h1-6H,(H2,18,20)(H,22,23). The molecule has 0 unspecified atom stereocenters. The predicted octanol–water partition coefficient (Wildman–Crippen LogP) is 2.70. The van der Waals surface area contributed by atoms with E-state index in [1.165, 1.54) is 24.4 Å². The van der Waals surface area contributed by atoms with Gasteiger partial charge in [-0.25, -0.2) is 9.31 Å². The van der Waals surface area contributed by atoms with Gasteiger partial charge < -0.3 is 10.8 Å². The van der Waals surface area contributed by atoms with E-state index < -0.39 is 17.7 Å². The molecule has 3 N–H and O–H groups in total. The Labute approximate surface area is 127 Å². The second kappa shape index (κ2) is 4.97. The van der Waals surface area contributed by atoms with Crippen LogP contribution < -0.4 is 5.73 Å². The molecule has 6 nitrogen and oxygen atoms in total. The van der Waals surface area contributed by atoms with E-state index in [2.05, 4.69) is 10.1 Å². The van der Waals surface area contributed by atoms with Crippen LogP contribution >= 0.6 is 0 Å². The van der Waals surface area contributed by atoms with Gasteiger partial charge in [0.15, 0.2) is 5.65 Å². The fourth-order valence-corrected chi connectivity index (χ4v) is 2.30. The number of halogens is 3. The third kappa shape index (κ3) is 2.56. The number of alkyl halides is 3. The topological polar surface area (TPSA) is 93.5 Å². The van der Waals surface area contributed by atoms with E-state index in [9.17, 15) is 23.1 Å². The molecule has 0 atom stereocenters. The Balaban J connectivity index is 2.35. The minimum Gasteiger partial charge on any atom is -0.478 e. The molecule has 3 aromatic rings. The smallest absolute Gasteiger partial charge is 0.417 e. The lowest BCUT2D eigenvalue weighted by Gasteiger charge is -2.14. The number of hydrogen-bond donors (Lipinski definition) is 2. The maximum absolute atomic E-state index is 13.2. The third-order valence-electron chi connectivity index (χ3n) is 3.24. The van der Waals surface area contributed by atoms with Crippen molar-refractivity contribution in [3.8, 4) is 11.1 Å². The molecule has 0 radical (unpaired) electrons.